The molecule has 23 heavy (non-hydrogen) atoms. The average molecular weight is 336 g/mol. The molecule has 0 radical (unpaired) electrons. The molecule has 0 unspecified atom stereocenters. The molecule has 0 amide bonds. The van der Waals surface area contributed by atoms with E-state index < -0.39 is 0 Å². The van der Waals surface area contributed by atoms with E-state index in [1.807, 2.05) is 11.8 Å². The Balaban J connectivity index is 1.87. The van der Waals surface area contributed by atoms with Crippen molar-refractivity contribution in [2.45, 2.75) is 44.2 Å². The minimum atomic E-state index is -0.000249. The number of hydrogen-bond acceptors (Lipinski definition) is 1. The summed E-state index contributed by atoms with van der Waals surface area (Å²) in [5.74, 6) is 0.578. The van der Waals surface area contributed by atoms with Gasteiger partial charge in [-0.15, -0.1) is 0 Å². The van der Waals surface area contributed by atoms with Gasteiger partial charge in [-0.25, -0.2) is 0 Å². The summed E-state index contributed by atoms with van der Waals surface area (Å²) in [6.45, 7) is 4.50. The van der Waals surface area contributed by atoms with E-state index in [1.54, 1.807) is 0 Å². The van der Waals surface area contributed by atoms with Crippen molar-refractivity contribution in [3.8, 4) is 0 Å². The molecule has 3 aromatic carbocycles. The van der Waals surface area contributed by atoms with Crippen molar-refractivity contribution in [1.82, 2.24) is 0 Å². The lowest BCUT2D eigenvalue weighted by atomic mass is 10.0. The Kier molecular flexibility index (Phi) is 3.96. The zero-order chi connectivity index (χ0) is 15.8. The predicted octanol–water partition coefficient (Wildman–Crippen LogP) is 6.37. The smallest absolute Gasteiger partial charge is 0.0795 e. The van der Waals surface area contributed by atoms with Crippen LogP contribution in [-0.4, -0.2) is 0 Å². The highest BCUT2D eigenvalue weighted by molar-refractivity contribution is 8.04. The number of hydrogen-bond donors (Lipinski definition) is 0. The number of rotatable bonds is 2. The predicted molar refractivity (Wildman–Crippen MR) is 99.7 cm³/mol. The van der Waals surface area contributed by atoms with Gasteiger partial charge >= 0.3 is 0 Å². The van der Waals surface area contributed by atoms with Gasteiger partial charge in [0.2, 0.25) is 0 Å². The first-order valence-electron chi connectivity index (χ1n) is 7.94. The van der Waals surface area contributed by atoms with Gasteiger partial charge in [-0.3, -0.25) is 0 Å². The summed E-state index contributed by atoms with van der Waals surface area (Å²) in [5, 5.41) is 0. The summed E-state index contributed by atoms with van der Waals surface area (Å²) in [7, 11) is -0.000249. The van der Waals surface area contributed by atoms with Crippen molar-refractivity contribution >= 4 is 22.7 Å². The molecule has 0 fully saturated rings. The summed E-state index contributed by atoms with van der Waals surface area (Å²) in [4.78, 5) is 7.10. The molecule has 1 heterocycles. The van der Waals surface area contributed by atoms with Crippen LogP contribution in [-0.2, 0) is 10.9 Å². The number of benzene rings is 3. The van der Waals surface area contributed by atoms with Gasteiger partial charge in [0.1, 0.15) is 10.9 Å². The molecule has 0 aliphatic carbocycles. The van der Waals surface area contributed by atoms with Crippen molar-refractivity contribution in [3.63, 3.8) is 0 Å². The van der Waals surface area contributed by atoms with Crippen LogP contribution < -0.4 is 0 Å². The largest absolute Gasteiger partial charge is 0.180 e. The zero-order valence-corrected chi connectivity index (χ0v) is 15.0. The Hall–Kier alpha value is -1.64. The van der Waals surface area contributed by atoms with Crippen LogP contribution in [0.25, 0.3) is 0 Å². The standard InChI is InChI=1S/C21H19S2/c1-15(2)16-11-13-17(14-12-16)23-20-9-5-3-7-18(20)22-19-8-4-6-10-21(19)23/h3-15H,1-2H3/q+1. The van der Waals surface area contributed by atoms with Gasteiger partial charge in [0.25, 0.3) is 0 Å². The van der Waals surface area contributed by atoms with Crippen molar-refractivity contribution in [3.05, 3.63) is 78.4 Å². The minimum absolute atomic E-state index is 0.000249. The highest BCUT2D eigenvalue weighted by atomic mass is 32.2. The zero-order valence-electron chi connectivity index (χ0n) is 13.3. The highest BCUT2D eigenvalue weighted by Gasteiger charge is 2.37. The third kappa shape index (κ3) is 2.71. The van der Waals surface area contributed by atoms with Gasteiger partial charge in [-0.2, -0.15) is 0 Å². The van der Waals surface area contributed by atoms with Crippen LogP contribution in [0.3, 0.4) is 0 Å². The lowest BCUT2D eigenvalue weighted by Crippen LogP contribution is -2.10. The third-order valence-electron chi connectivity index (χ3n) is 4.14. The Morgan fingerprint density at radius 3 is 1.74 bits per heavy atom. The quantitative estimate of drug-likeness (QED) is 0.384. The third-order valence-corrected chi connectivity index (χ3v) is 7.89. The first-order valence-corrected chi connectivity index (χ1v) is 9.98. The molecule has 1 aliphatic rings. The van der Waals surface area contributed by atoms with E-state index in [2.05, 4.69) is 86.6 Å². The van der Waals surface area contributed by atoms with Gasteiger partial charge in [0.15, 0.2) is 14.7 Å². The van der Waals surface area contributed by atoms with E-state index in [0.717, 1.165) is 0 Å². The Bertz CT molecular complexity index is 789. The van der Waals surface area contributed by atoms with Gasteiger partial charge in [-0.1, -0.05) is 62.0 Å². The second kappa shape index (κ2) is 6.10. The normalized spacial score (nSPS) is 13.7. The van der Waals surface area contributed by atoms with Crippen LogP contribution in [0, 0.1) is 0 Å². The SMILES string of the molecule is CC(C)c1ccc([S+]2c3ccccc3Sc3ccccc32)cc1. The monoisotopic (exact) mass is 335 g/mol. The maximum atomic E-state index is 2.32. The van der Waals surface area contributed by atoms with Crippen LogP contribution >= 0.6 is 11.8 Å². The summed E-state index contributed by atoms with van der Waals surface area (Å²) >= 11 is 1.90. The molecule has 0 nitrogen and oxygen atoms in total. The maximum absolute atomic E-state index is 2.32. The van der Waals surface area contributed by atoms with Gasteiger partial charge in [0.05, 0.1) is 9.79 Å². The van der Waals surface area contributed by atoms with Crippen LogP contribution in [0.2, 0.25) is 0 Å². The fraction of sp³-hybridized carbons (Fsp3) is 0.143. The van der Waals surface area contributed by atoms with Crippen LogP contribution in [0.4, 0.5) is 0 Å². The van der Waals surface area contributed by atoms with Crippen molar-refractivity contribution in [2.24, 2.45) is 0 Å². The van der Waals surface area contributed by atoms with Gasteiger partial charge < -0.3 is 0 Å². The molecular weight excluding hydrogens is 316 g/mol. The molecule has 4 rings (SSSR count). The molecule has 1 aliphatic heterocycles. The topological polar surface area (TPSA) is 0 Å². The summed E-state index contributed by atoms with van der Waals surface area (Å²) < 4.78 is 0. The molecule has 2 heteroatoms. The second-order valence-corrected chi connectivity index (χ2v) is 9.07. The van der Waals surface area contributed by atoms with E-state index in [0.29, 0.717) is 5.92 Å². The van der Waals surface area contributed by atoms with E-state index in [1.165, 1.54) is 30.0 Å². The molecule has 0 saturated carbocycles. The molecule has 0 aromatic heterocycles. The van der Waals surface area contributed by atoms with Crippen molar-refractivity contribution < 1.29 is 0 Å². The lowest BCUT2D eigenvalue weighted by Gasteiger charge is -2.19. The molecule has 0 bridgehead atoms. The van der Waals surface area contributed by atoms with E-state index >= 15 is 0 Å². The average Bonchev–Trinajstić information content (AvgIpc) is 2.59. The minimum Gasteiger partial charge on any atom is -0.0795 e. The maximum Gasteiger partial charge on any atom is 0.180 e. The van der Waals surface area contributed by atoms with Crippen LogP contribution in [0.5, 0.6) is 0 Å². The Labute approximate surface area is 145 Å². The molecule has 0 atom stereocenters. The second-order valence-electron chi connectivity index (χ2n) is 6.03. The van der Waals surface area contributed by atoms with Crippen LogP contribution in [0.1, 0.15) is 25.3 Å². The van der Waals surface area contributed by atoms with E-state index in [9.17, 15) is 0 Å². The fourth-order valence-electron chi connectivity index (χ4n) is 2.89. The Morgan fingerprint density at radius 1 is 0.696 bits per heavy atom. The molecule has 0 saturated heterocycles. The van der Waals surface area contributed by atoms with Gasteiger partial charge in [0, 0.05) is 0 Å². The first-order chi connectivity index (χ1) is 11.2. The molecule has 0 N–H and O–H groups in total. The van der Waals surface area contributed by atoms with Crippen LogP contribution in [0.15, 0.2) is 97.3 Å². The van der Waals surface area contributed by atoms with Gasteiger partial charge in [-0.05, 0) is 47.9 Å². The molecule has 3 aromatic rings. The first kappa shape index (κ1) is 14.9. The fourth-order valence-corrected chi connectivity index (χ4v) is 6.62. The van der Waals surface area contributed by atoms with E-state index in [4.69, 9.17) is 0 Å². The molecule has 114 valence electrons. The summed E-state index contributed by atoms with van der Waals surface area (Å²) in [5.41, 5.74) is 1.41. The van der Waals surface area contributed by atoms with Crippen molar-refractivity contribution in [1.29, 1.82) is 0 Å². The summed E-state index contributed by atoms with van der Waals surface area (Å²) in [6, 6.07) is 26.9. The molecular formula is C21H19S2+. The van der Waals surface area contributed by atoms with E-state index in [-0.39, 0.29) is 10.9 Å². The lowest BCUT2D eigenvalue weighted by molar-refractivity contribution is 0.864. The van der Waals surface area contributed by atoms with Crippen molar-refractivity contribution in [2.75, 3.05) is 0 Å². The highest BCUT2D eigenvalue weighted by Crippen LogP contribution is 2.48. The Morgan fingerprint density at radius 2 is 1.22 bits per heavy atom. The number of fused-ring (bicyclic) bond motifs is 2. The molecule has 0 spiro atoms. The summed E-state index contributed by atoms with van der Waals surface area (Å²) in [6.07, 6.45) is 0.